The fraction of sp³-hybridized carbons (Fsp3) is 0.588. The smallest absolute Gasteiger partial charge is 0.161 e. The normalized spacial score (nSPS) is 16.3. The van der Waals surface area contributed by atoms with Crippen LogP contribution in [0.15, 0.2) is 12.1 Å². The molecule has 0 atom stereocenters. The molecule has 1 heterocycles. The molecule has 126 valence electrons. The zero-order valence-electron chi connectivity index (χ0n) is 13.2. The molecule has 1 saturated carbocycles. The fourth-order valence-electron chi connectivity index (χ4n) is 3.39. The van der Waals surface area contributed by atoms with Crippen molar-refractivity contribution in [1.29, 1.82) is 0 Å². The molecule has 1 aromatic carbocycles. The minimum atomic E-state index is -0.850. The van der Waals surface area contributed by atoms with Gasteiger partial charge in [-0.3, -0.25) is 0 Å². The van der Waals surface area contributed by atoms with Gasteiger partial charge in [0, 0.05) is 31.1 Å². The number of hydrogen-bond acceptors (Lipinski definition) is 3. The molecule has 0 amide bonds. The molecular formula is C17H23F2N3O. The molecule has 0 aliphatic heterocycles. The first-order chi connectivity index (χ1) is 11.2. The van der Waals surface area contributed by atoms with Gasteiger partial charge in [-0.15, -0.1) is 0 Å². The van der Waals surface area contributed by atoms with Gasteiger partial charge in [0.1, 0.15) is 5.82 Å². The number of hydrogen-bond donors (Lipinski definition) is 1. The summed E-state index contributed by atoms with van der Waals surface area (Å²) in [5.74, 6) is -0.397. The molecular weight excluding hydrogens is 300 g/mol. The van der Waals surface area contributed by atoms with Crippen LogP contribution in [-0.2, 0) is 11.3 Å². The second-order valence-electron chi connectivity index (χ2n) is 6.11. The predicted molar refractivity (Wildman–Crippen MR) is 85.3 cm³/mol. The van der Waals surface area contributed by atoms with E-state index in [2.05, 4.69) is 4.98 Å². The second-order valence-corrected chi connectivity index (χ2v) is 6.11. The van der Waals surface area contributed by atoms with E-state index in [1.54, 1.807) is 0 Å². The van der Waals surface area contributed by atoms with Gasteiger partial charge in [-0.25, -0.2) is 13.8 Å². The maximum absolute atomic E-state index is 13.7. The first-order valence-corrected chi connectivity index (χ1v) is 8.33. The highest BCUT2D eigenvalue weighted by Crippen LogP contribution is 2.34. The third-order valence-corrected chi connectivity index (χ3v) is 4.51. The molecule has 23 heavy (non-hydrogen) atoms. The number of rotatable bonds is 6. The maximum Gasteiger partial charge on any atom is 0.161 e. The standard InChI is InChI=1S/C17H23F2N3O/c18-13-10-15-16(11-14(13)19)22(7-9-23-8-6-20)17(21-15)12-4-2-1-3-5-12/h10-12H,1-9,20H2. The van der Waals surface area contributed by atoms with Crippen LogP contribution in [0.3, 0.4) is 0 Å². The Kier molecular flexibility index (Phi) is 5.23. The molecule has 0 unspecified atom stereocenters. The van der Waals surface area contributed by atoms with Gasteiger partial charge >= 0.3 is 0 Å². The number of fused-ring (bicyclic) bond motifs is 1. The summed E-state index contributed by atoms with van der Waals surface area (Å²) >= 11 is 0. The summed E-state index contributed by atoms with van der Waals surface area (Å²) in [5, 5.41) is 0. The SMILES string of the molecule is NCCOCCn1c(C2CCCCC2)nc2cc(F)c(F)cc21. The number of aromatic nitrogens is 2. The second kappa shape index (κ2) is 7.36. The molecule has 0 bridgehead atoms. The van der Waals surface area contributed by atoms with Crippen molar-refractivity contribution in [2.45, 2.75) is 44.6 Å². The van der Waals surface area contributed by atoms with E-state index in [0.29, 0.717) is 43.3 Å². The number of halogens is 2. The molecule has 0 spiro atoms. The minimum absolute atomic E-state index is 0.358. The van der Waals surface area contributed by atoms with Crippen molar-refractivity contribution in [3.8, 4) is 0 Å². The zero-order valence-corrected chi connectivity index (χ0v) is 13.2. The summed E-state index contributed by atoms with van der Waals surface area (Å²) in [7, 11) is 0. The highest BCUT2D eigenvalue weighted by atomic mass is 19.2. The third kappa shape index (κ3) is 3.53. The molecule has 1 aliphatic carbocycles. The number of benzene rings is 1. The zero-order chi connectivity index (χ0) is 16.2. The van der Waals surface area contributed by atoms with Crippen LogP contribution in [0.1, 0.15) is 43.8 Å². The van der Waals surface area contributed by atoms with E-state index in [1.165, 1.54) is 31.4 Å². The largest absolute Gasteiger partial charge is 0.378 e. The Morgan fingerprint density at radius 1 is 1.13 bits per heavy atom. The van der Waals surface area contributed by atoms with Crippen LogP contribution >= 0.6 is 0 Å². The van der Waals surface area contributed by atoms with Crippen LogP contribution in [0.5, 0.6) is 0 Å². The lowest BCUT2D eigenvalue weighted by Gasteiger charge is -2.22. The van der Waals surface area contributed by atoms with Crippen molar-refractivity contribution in [3.05, 3.63) is 29.6 Å². The van der Waals surface area contributed by atoms with Crippen LogP contribution in [0.2, 0.25) is 0 Å². The number of imidazole rings is 1. The Labute approximate surface area is 134 Å². The summed E-state index contributed by atoms with van der Waals surface area (Å²) < 4.78 is 34.6. The lowest BCUT2D eigenvalue weighted by molar-refractivity contribution is 0.133. The Balaban J connectivity index is 1.95. The van der Waals surface area contributed by atoms with Crippen molar-refractivity contribution in [1.82, 2.24) is 9.55 Å². The highest BCUT2D eigenvalue weighted by Gasteiger charge is 2.23. The fourth-order valence-corrected chi connectivity index (χ4v) is 3.39. The maximum atomic E-state index is 13.7. The van der Waals surface area contributed by atoms with Crippen LogP contribution < -0.4 is 5.73 Å². The van der Waals surface area contributed by atoms with Gasteiger partial charge in [-0.1, -0.05) is 19.3 Å². The van der Waals surface area contributed by atoms with Crippen LogP contribution in [0, 0.1) is 11.6 Å². The van der Waals surface area contributed by atoms with E-state index < -0.39 is 11.6 Å². The van der Waals surface area contributed by atoms with Crippen molar-refractivity contribution in [2.24, 2.45) is 5.73 Å². The van der Waals surface area contributed by atoms with Crippen LogP contribution in [-0.4, -0.2) is 29.3 Å². The van der Waals surface area contributed by atoms with Gasteiger partial charge < -0.3 is 15.0 Å². The van der Waals surface area contributed by atoms with E-state index in [-0.39, 0.29) is 0 Å². The summed E-state index contributed by atoms with van der Waals surface area (Å²) in [4.78, 5) is 4.61. The Morgan fingerprint density at radius 3 is 2.61 bits per heavy atom. The summed E-state index contributed by atoms with van der Waals surface area (Å²) in [6.07, 6.45) is 5.77. The first kappa shape index (κ1) is 16.3. The summed E-state index contributed by atoms with van der Waals surface area (Å²) in [6.45, 7) is 2.03. The van der Waals surface area contributed by atoms with Crippen molar-refractivity contribution in [2.75, 3.05) is 19.8 Å². The molecule has 3 rings (SSSR count). The van der Waals surface area contributed by atoms with Crippen molar-refractivity contribution < 1.29 is 13.5 Å². The van der Waals surface area contributed by atoms with Crippen LogP contribution in [0.25, 0.3) is 11.0 Å². The average Bonchev–Trinajstić information content (AvgIpc) is 2.91. The quantitative estimate of drug-likeness (QED) is 0.830. The average molecular weight is 323 g/mol. The van der Waals surface area contributed by atoms with Gasteiger partial charge in [0.2, 0.25) is 0 Å². The molecule has 4 nitrogen and oxygen atoms in total. The van der Waals surface area contributed by atoms with E-state index in [4.69, 9.17) is 10.5 Å². The Hall–Kier alpha value is -1.53. The van der Waals surface area contributed by atoms with Gasteiger partial charge in [0.15, 0.2) is 11.6 Å². The molecule has 0 radical (unpaired) electrons. The molecule has 1 fully saturated rings. The van der Waals surface area contributed by atoms with E-state index in [1.807, 2.05) is 4.57 Å². The monoisotopic (exact) mass is 323 g/mol. The lowest BCUT2D eigenvalue weighted by Crippen LogP contribution is -2.16. The summed E-state index contributed by atoms with van der Waals surface area (Å²) in [6, 6.07) is 2.43. The van der Waals surface area contributed by atoms with Gasteiger partial charge in [0.05, 0.1) is 24.2 Å². The number of nitrogens with zero attached hydrogens (tertiary/aromatic N) is 2. The van der Waals surface area contributed by atoms with Gasteiger partial charge in [0.25, 0.3) is 0 Å². The molecule has 0 saturated heterocycles. The lowest BCUT2D eigenvalue weighted by atomic mass is 9.88. The van der Waals surface area contributed by atoms with E-state index >= 15 is 0 Å². The molecule has 2 aromatic rings. The molecule has 2 N–H and O–H groups in total. The van der Waals surface area contributed by atoms with Crippen molar-refractivity contribution in [3.63, 3.8) is 0 Å². The van der Waals surface area contributed by atoms with E-state index in [0.717, 1.165) is 18.7 Å². The Morgan fingerprint density at radius 2 is 1.87 bits per heavy atom. The number of ether oxygens (including phenoxy) is 1. The predicted octanol–water partition coefficient (Wildman–Crippen LogP) is 3.34. The van der Waals surface area contributed by atoms with E-state index in [9.17, 15) is 8.78 Å². The molecule has 6 heteroatoms. The number of nitrogens with two attached hydrogens (primary N) is 1. The van der Waals surface area contributed by atoms with Crippen LogP contribution in [0.4, 0.5) is 8.78 Å². The summed E-state index contributed by atoms with van der Waals surface area (Å²) in [5.41, 5.74) is 6.58. The molecule has 1 aliphatic rings. The highest BCUT2D eigenvalue weighted by molar-refractivity contribution is 5.76. The first-order valence-electron chi connectivity index (χ1n) is 8.33. The molecule has 1 aromatic heterocycles. The minimum Gasteiger partial charge on any atom is -0.378 e. The topological polar surface area (TPSA) is 53.1 Å². The Bertz CT molecular complexity index is 665. The third-order valence-electron chi connectivity index (χ3n) is 4.51. The van der Waals surface area contributed by atoms with Crippen molar-refractivity contribution >= 4 is 11.0 Å². The van der Waals surface area contributed by atoms with Gasteiger partial charge in [-0.2, -0.15) is 0 Å². The van der Waals surface area contributed by atoms with Gasteiger partial charge in [-0.05, 0) is 12.8 Å².